The second kappa shape index (κ2) is 5.89. The highest BCUT2D eigenvalue weighted by atomic mass is 15.2. The largest absolute Gasteiger partial charge is 0.370 e. The van der Waals surface area contributed by atoms with Crippen LogP contribution in [0.15, 0.2) is 17.6 Å². The number of nitrogens with two attached hydrogens (primary N) is 1. The van der Waals surface area contributed by atoms with Crippen molar-refractivity contribution in [2.24, 2.45) is 10.7 Å². The molecule has 3 N–H and O–H groups in total. The van der Waals surface area contributed by atoms with Crippen LogP contribution in [0.25, 0.3) is 0 Å². The normalized spacial score (nSPS) is 20.1. The highest BCUT2D eigenvalue weighted by molar-refractivity contribution is 5.77. The van der Waals surface area contributed by atoms with Gasteiger partial charge in [-0.15, -0.1) is 6.58 Å². The molecule has 0 amide bonds. The molecule has 0 saturated heterocycles. The molecular weight excluding hydrogens is 200 g/mol. The number of guanidine groups is 1. The first-order chi connectivity index (χ1) is 7.60. The van der Waals surface area contributed by atoms with Gasteiger partial charge in [0.15, 0.2) is 5.96 Å². The van der Waals surface area contributed by atoms with Crippen LogP contribution in [-0.2, 0) is 0 Å². The molecule has 0 spiro atoms. The second-order valence-corrected chi connectivity index (χ2v) is 4.70. The Labute approximate surface area is 98.6 Å². The summed E-state index contributed by atoms with van der Waals surface area (Å²) in [4.78, 5) is 6.73. The van der Waals surface area contributed by atoms with E-state index in [9.17, 15) is 0 Å². The molecule has 1 saturated carbocycles. The van der Waals surface area contributed by atoms with Crippen LogP contribution >= 0.6 is 0 Å². The van der Waals surface area contributed by atoms with E-state index in [0.29, 0.717) is 12.5 Å². The summed E-state index contributed by atoms with van der Waals surface area (Å²) >= 11 is 0. The third-order valence-corrected chi connectivity index (χ3v) is 3.45. The Morgan fingerprint density at radius 3 is 2.62 bits per heavy atom. The molecule has 92 valence electrons. The van der Waals surface area contributed by atoms with Gasteiger partial charge in [-0.1, -0.05) is 18.9 Å². The third-order valence-electron chi connectivity index (χ3n) is 3.45. The lowest BCUT2D eigenvalue weighted by atomic mass is 9.96. The molecule has 0 aromatic rings. The van der Waals surface area contributed by atoms with Crippen LogP contribution in [0, 0.1) is 0 Å². The van der Waals surface area contributed by atoms with Gasteiger partial charge < -0.3 is 16.0 Å². The fourth-order valence-corrected chi connectivity index (χ4v) is 2.24. The maximum absolute atomic E-state index is 5.77. The number of rotatable bonds is 5. The van der Waals surface area contributed by atoms with E-state index in [1.54, 1.807) is 6.08 Å². The zero-order valence-electron chi connectivity index (χ0n) is 10.5. The average molecular weight is 224 g/mol. The fraction of sp³-hybridized carbons (Fsp3) is 0.750. The first-order valence-electron chi connectivity index (χ1n) is 5.93. The van der Waals surface area contributed by atoms with E-state index in [2.05, 4.69) is 35.9 Å². The van der Waals surface area contributed by atoms with E-state index in [1.807, 2.05) is 0 Å². The lowest BCUT2D eigenvalue weighted by Crippen LogP contribution is -2.45. The zero-order valence-corrected chi connectivity index (χ0v) is 10.5. The van der Waals surface area contributed by atoms with Crippen molar-refractivity contribution in [1.82, 2.24) is 10.2 Å². The number of aliphatic imine (C=N–C) groups is 1. The number of likely N-dealkylation sites (N-methyl/N-ethyl adjacent to an activating group) is 1. The Morgan fingerprint density at radius 2 is 2.12 bits per heavy atom. The molecule has 0 aromatic heterocycles. The van der Waals surface area contributed by atoms with Crippen molar-refractivity contribution < 1.29 is 0 Å². The molecule has 1 aliphatic carbocycles. The Bertz CT molecular complexity index is 252. The summed E-state index contributed by atoms with van der Waals surface area (Å²) in [5.41, 5.74) is 5.99. The number of nitrogens with zero attached hydrogens (tertiary/aromatic N) is 2. The molecule has 0 aliphatic heterocycles. The summed E-state index contributed by atoms with van der Waals surface area (Å²) < 4.78 is 0. The van der Waals surface area contributed by atoms with Gasteiger partial charge in [0.1, 0.15) is 0 Å². The predicted octanol–water partition coefficient (Wildman–Crippen LogP) is 0.951. The van der Waals surface area contributed by atoms with Gasteiger partial charge >= 0.3 is 0 Å². The lowest BCUT2D eigenvalue weighted by molar-refractivity contribution is 0.167. The van der Waals surface area contributed by atoms with E-state index in [-0.39, 0.29) is 5.54 Å². The topological polar surface area (TPSA) is 53.6 Å². The Hall–Kier alpha value is -1.03. The number of hydrogen-bond acceptors (Lipinski definition) is 2. The SMILES string of the molecule is C=CCNC(N)=NCC1(N(C)C)CCCC1. The molecule has 1 rings (SSSR count). The maximum atomic E-state index is 5.77. The maximum Gasteiger partial charge on any atom is 0.188 e. The molecule has 0 heterocycles. The standard InChI is InChI=1S/C12H24N4/c1-4-9-14-11(13)15-10-12(16(2)3)7-5-6-8-12/h4H,1,5-10H2,2-3H3,(H3,13,14,15). The minimum Gasteiger partial charge on any atom is -0.370 e. The number of hydrogen-bond donors (Lipinski definition) is 2. The first-order valence-corrected chi connectivity index (χ1v) is 5.93. The van der Waals surface area contributed by atoms with Gasteiger partial charge in [-0.3, -0.25) is 4.99 Å². The van der Waals surface area contributed by atoms with E-state index in [1.165, 1.54) is 25.7 Å². The second-order valence-electron chi connectivity index (χ2n) is 4.70. The molecule has 4 heteroatoms. The van der Waals surface area contributed by atoms with Crippen molar-refractivity contribution in [1.29, 1.82) is 0 Å². The van der Waals surface area contributed by atoms with Crippen LogP contribution in [0.1, 0.15) is 25.7 Å². The van der Waals surface area contributed by atoms with Crippen LogP contribution < -0.4 is 11.1 Å². The van der Waals surface area contributed by atoms with Gasteiger partial charge in [0.05, 0.1) is 6.54 Å². The fourth-order valence-electron chi connectivity index (χ4n) is 2.24. The molecule has 0 bridgehead atoms. The van der Waals surface area contributed by atoms with Crippen LogP contribution in [0.4, 0.5) is 0 Å². The summed E-state index contributed by atoms with van der Waals surface area (Å²) in [5, 5.41) is 3.00. The van der Waals surface area contributed by atoms with Gasteiger partial charge in [-0.2, -0.15) is 0 Å². The monoisotopic (exact) mass is 224 g/mol. The van der Waals surface area contributed by atoms with E-state index < -0.39 is 0 Å². The van der Waals surface area contributed by atoms with Crippen molar-refractivity contribution in [3.05, 3.63) is 12.7 Å². The minimum absolute atomic E-state index is 0.223. The summed E-state index contributed by atoms with van der Waals surface area (Å²) in [6, 6.07) is 0. The summed E-state index contributed by atoms with van der Waals surface area (Å²) in [5.74, 6) is 0.521. The van der Waals surface area contributed by atoms with E-state index >= 15 is 0 Å². The van der Waals surface area contributed by atoms with Crippen LogP contribution in [0.3, 0.4) is 0 Å². The first kappa shape index (κ1) is 13.0. The molecule has 4 nitrogen and oxygen atoms in total. The molecule has 0 radical (unpaired) electrons. The highest BCUT2D eigenvalue weighted by Crippen LogP contribution is 2.33. The molecule has 16 heavy (non-hydrogen) atoms. The lowest BCUT2D eigenvalue weighted by Gasteiger charge is -2.34. The Balaban J connectivity index is 2.52. The van der Waals surface area contributed by atoms with Gasteiger partial charge in [0.25, 0.3) is 0 Å². The van der Waals surface area contributed by atoms with Gasteiger partial charge in [0, 0.05) is 12.1 Å². The van der Waals surface area contributed by atoms with Crippen molar-refractivity contribution in [3.8, 4) is 0 Å². The summed E-state index contributed by atoms with van der Waals surface area (Å²) in [6.07, 6.45) is 6.82. The van der Waals surface area contributed by atoms with Crippen LogP contribution in [0.5, 0.6) is 0 Å². The molecule has 1 fully saturated rings. The van der Waals surface area contributed by atoms with Crippen molar-refractivity contribution in [2.75, 3.05) is 27.2 Å². The smallest absolute Gasteiger partial charge is 0.188 e. The highest BCUT2D eigenvalue weighted by Gasteiger charge is 2.35. The molecule has 0 unspecified atom stereocenters. The zero-order chi connectivity index (χ0) is 12.0. The van der Waals surface area contributed by atoms with Gasteiger partial charge in [0.2, 0.25) is 0 Å². The average Bonchev–Trinajstić information content (AvgIpc) is 2.73. The minimum atomic E-state index is 0.223. The van der Waals surface area contributed by atoms with Crippen molar-refractivity contribution >= 4 is 5.96 Å². The van der Waals surface area contributed by atoms with E-state index in [0.717, 1.165) is 6.54 Å². The third kappa shape index (κ3) is 3.23. The molecular formula is C12H24N4. The van der Waals surface area contributed by atoms with Crippen LogP contribution in [0.2, 0.25) is 0 Å². The molecule has 0 aromatic carbocycles. The quantitative estimate of drug-likeness (QED) is 0.415. The van der Waals surface area contributed by atoms with E-state index in [4.69, 9.17) is 5.73 Å². The number of nitrogens with one attached hydrogen (secondary N) is 1. The van der Waals surface area contributed by atoms with Gasteiger partial charge in [-0.05, 0) is 26.9 Å². The molecule has 0 atom stereocenters. The Kier molecular flexibility index (Phi) is 4.80. The van der Waals surface area contributed by atoms with Crippen LogP contribution in [-0.4, -0.2) is 43.6 Å². The summed E-state index contributed by atoms with van der Waals surface area (Å²) in [6.45, 7) is 5.09. The Morgan fingerprint density at radius 1 is 1.50 bits per heavy atom. The predicted molar refractivity (Wildman–Crippen MR) is 69.6 cm³/mol. The summed E-state index contributed by atoms with van der Waals surface area (Å²) in [7, 11) is 4.27. The van der Waals surface area contributed by atoms with Crippen molar-refractivity contribution in [3.63, 3.8) is 0 Å². The molecule has 1 aliphatic rings. The van der Waals surface area contributed by atoms with Crippen molar-refractivity contribution in [2.45, 2.75) is 31.2 Å². The van der Waals surface area contributed by atoms with Gasteiger partial charge in [-0.25, -0.2) is 0 Å².